The molecule has 0 radical (unpaired) electrons. The Labute approximate surface area is 410 Å². The van der Waals surface area contributed by atoms with Gasteiger partial charge in [-0.25, -0.2) is 9.97 Å². The van der Waals surface area contributed by atoms with Crippen LogP contribution in [-0.4, -0.2) is 144 Å². The number of nitrogens with one attached hydrogen (secondary N) is 4. The number of piperidine rings is 2. The van der Waals surface area contributed by atoms with Gasteiger partial charge in [-0.05, 0) is 75.6 Å². The van der Waals surface area contributed by atoms with Crippen molar-refractivity contribution >= 4 is 64.1 Å². The van der Waals surface area contributed by atoms with Crippen molar-refractivity contribution in [3.05, 3.63) is 58.9 Å². The van der Waals surface area contributed by atoms with Gasteiger partial charge >= 0.3 is 0 Å². The summed E-state index contributed by atoms with van der Waals surface area (Å²) in [6.07, 6.45) is 12.2. The third-order valence-corrected chi connectivity index (χ3v) is 14.4. The number of imide groups is 2. The number of aryl methyl sites for hydroxylation is 1. The molecular weight excluding hydrogens is 895 g/mol. The summed E-state index contributed by atoms with van der Waals surface area (Å²) in [7, 11) is 1.67. The monoisotopic (exact) mass is 964 g/mol. The van der Waals surface area contributed by atoms with Crippen LogP contribution >= 0.6 is 0 Å². The van der Waals surface area contributed by atoms with E-state index in [1.54, 1.807) is 25.3 Å². The normalized spacial score (nSPS) is 19.3. The minimum atomic E-state index is -0.987. The molecular formula is C51H69N11O8. The molecule has 0 bridgehead atoms. The molecule has 2 aromatic carbocycles. The van der Waals surface area contributed by atoms with E-state index in [1.807, 2.05) is 30.0 Å². The lowest BCUT2D eigenvalue weighted by Gasteiger charge is -2.43. The average molecular weight is 964 g/mol. The molecule has 0 spiro atoms. The number of benzene rings is 2. The van der Waals surface area contributed by atoms with Gasteiger partial charge in [0.2, 0.25) is 17.7 Å². The summed E-state index contributed by atoms with van der Waals surface area (Å²) in [6, 6.07) is 10.7. The minimum absolute atomic E-state index is 0.0826. The maximum Gasteiger partial charge on any atom is 0.271 e. The van der Waals surface area contributed by atoms with Gasteiger partial charge in [-0.1, -0.05) is 45.1 Å². The number of methoxy groups -OCH3 is 1. The second kappa shape index (κ2) is 23.5. The summed E-state index contributed by atoms with van der Waals surface area (Å²) in [5, 5.41) is 12.4. The van der Waals surface area contributed by atoms with E-state index in [9.17, 15) is 28.8 Å². The first-order valence-electron chi connectivity index (χ1n) is 25.4. The number of rotatable bonds is 21. The first kappa shape index (κ1) is 50.1. The summed E-state index contributed by atoms with van der Waals surface area (Å²) in [5.74, 6) is -0.779. The smallest absolute Gasteiger partial charge is 0.271 e. The summed E-state index contributed by atoms with van der Waals surface area (Å²) in [6.45, 7) is 9.07. The van der Waals surface area contributed by atoms with Crippen LogP contribution in [0.5, 0.6) is 5.75 Å². The van der Waals surface area contributed by atoms with Crippen LogP contribution in [0.1, 0.15) is 134 Å². The lowest BCUT2D eigenvalue weighted by molar-refractivity contribution is -0.136. The average Bonchev–Trinajstić information content (AvgIpc) is 3.63. The molecule has 3 aromatic rings. The molecule has 4 saturated heterocycles. The Hall–Kier alpha value is -6.34. The number of hydrogen-bond donors (Lipinski definition) is 5. The summed E-state index contributed by atoms with van der Waals surface area (Å²) in [5.41, 5.74) is 9.41. The van der Waals surface area contributed by atoms with Crippen LogP contribution in [0.15, 0.2) is 36.4 Å². The van der Waals surface area contributed by atoms with Crippen molar-refractivity contribution < 1.29 is 38.2 Å². The van der Waals surface area contributed by atoms with Gasteiger partial charge < -0.3 is 41.0 Å². The molecule has 70 heavy (non-hydrogen) atoms. The standard InChI is InChI=1S/C51H69N11O8/c1-3-37-47(54-33-21-30-70-31-22-33)58-48(45(56-37)46(52)65)55-34-15-16-39(41(32-34)69-2)60-24-19-35(20-25-60)59-26-28-61(29-27-59)43(64)14-9-7-5-4-6-8-10-23-53-38-13-11-12-36-44(38)51(68)62(50(36)67)40-17-18-42(63)57-49(40)66/h11-13,15-16,32-33,35,40,53H,3-10,14,17-31H2,1-2H3,(H2,52,65)(H2,54,55,58)(H,57,63,66). The molecule has 5 aliphatic heterocycles. The van der Waals surface area contributed by atoms with Gasteiger partial charge in [0.15, 0.2) is 17.3 Å². The van der Waals surface area contributed by atoms with Crippen LogP contribution in [0.3, 0.4) is 0 Å². The van der Waals surface area contributed by atoms with Gasteiger partial charge in [-0.3, -0.25) is 43.9 Å². The molecule has 1 aromatic heterocycles. The predicted molar refractivity (Wildman–Crippen MR) is 266 cm³/mol. The minimum Gasteiger partial charge on any atom is -0.495 e. The first-order valence-corrected chi connectivity index (χ1v) is 25.4. The Kier molecular flexibility index (Phi) is 16.8. The third-order valence-electron chi connectivity index (χ3n) is 14.4. The number of primary amides is 1. The zero-order valence-electron chi connectivity index (χ0n) is 40.7. The van der Waals surface area contributed by atoms with E-state index in [2.05, 4.69) is 36.1 Å². The zero-order chi connectivity index (χ0) is 49.1. The number of unbranched alkanes of at least 4 members (excludes halogenated alkanes) is 6. The number of carbonyl (C=O) groups is 6. The molecule has 19 nitrogen and oxygen atoms in total. The molecule has 1 unspecified atom stereocenters. The Morgan fingerprint density at radius 1 is 0.843 bits per heavy atom. The van der Waals surface area contributed by atoms with E-state index >= 15 is 0 Å². The number of carbonyl (C=O) groups excluding carboxylic acids is 6. The van der Waals surface area contributed by atoms with E-state index in [0.29, 0.717) is 67.3 Å². The van der Waals surface area contributed by atoms with Crippen LogP contribution in [0.25, 0.3) is 0 Å². The predicted octanol–water partition coefficient (Wildman–Crippen LogP) is 5.23. The van der Waals surface area contributed by atoms with Crippen molar-refractivity contribution in [3.8, 4) is 5.75 Å². The number of ether oxygens (including phenoxy) is 2. The number of nitrogens with zero attached hydrogens (tertiary/aromatic N) is 6. The maximum absolute atomic E-state index is 13.3. The van der Waals surface area contributed by atoms with Gasteiger partial charge in [0.25, 0.3) is 17.7 Å². The van der Waals surface area contributed by atoms with Gasteiger partial charge in [-0.2, -0.15) is 0 Å². The number of hydrogen-bond acceptors (Lipinski definition) is 15. The molecule has 19 heteroatoms. The van der Waals surface area contributed by atoms with Crippen molar-refractivity contribution in [1.82, 2.24) is 30.0 Å². The zero-order valence-corrected chi connectivity index (χ0v) is 40.7. The third kappa shape index (κ3) is 11.8. The van der Waals surface area contributed by atoms with Gasteiger partial charge in [0, 0.05) is 101 Å². The van der Waals surface area contributed by atoms with Crippen molar-refractivity contribution in [3.63, 3.8) is 0 Å². The topological polar surface area (TPSA) is 234 Å². The number of nitrogens with two attached hydrogens (primary N) is 1. The largest absolute Gasteiger partial charge is 0.495 e. The molecule has 4 fully saturated rings. The quantitative estimate of drug-likeness (QED) is 0.0680. The van der Waals surface area contributed by atoms with Crippen LogP contribution in [0.4, 0.5) is 28.7 Å². The highest BCUT2D eigenvalue weighted by atomic mass is 16.5. The summed E-state index contributed by atoms with van der Waals surface area (Å²) in [4.78, 5) is 93.6. The Bertz CT molecular complexity index is 2390. The Morgan fingerprint density at radius 2 is 1.57 bits per heavy atom. The molecule has 0 aliphatic carbocycles. The number of piperazine rings is 1. The first-order chi connectivity index (χ1) is 34.0. The van der Waals surface area contributed by atoms with E-state index in [-0.39, 0.29) is 41.6 Å². The molecule has 1 atom stereocenters. The van der Waals surface area contributed by atoms with E-state index in [1.165, 1.54) is 0 Å². The Morgan fingerprint density at radius 3 is 2.27 bits per heavy atom. The fraction of sp³-hybridized carbons (Fsp3) is 0.569. The highest BCUT2D eigenvalue weighted by Gasteiger charge is 2.45. The SMILES string of the molecule is CCc1nc(C(N)=O)c(Nc2ccc(N3CCC(N4CCN(C(=O)CCCCCCCCCNc5cccc6c5C(=O)N(C5CCC(=O)NC5=O)C6=O)CC4)CC3)c(OC)c2)nc1NC1CCOCC1. The molecule has 0 saturated carbocycles. The highest BCUT2D eigenvalue weighted by molar-refractivity contribution is 6.25. The molecule has 6 N–H and O–H groups in total. The second-order valence-electron chi connectivity index (χ2n) is 18.9. The number of fused-ring (bicyclic) bond motifs is 1. The van der Waals surface area contributed by atoms with Gasteiger partial charge in [0.05, 0.1) is 29.6 Å². The summed E-state index contributed by atoms with van der Waals surface area (Å²) >= 11 is 0. The van der Waals surface area contributed by atoms with Crippen LogP contribution in [0, 0.1) is 0 Å². The maximum atomic E-state index is 13.3. The molecule has 8 rings (SSSR count). The molecule has 376 valence electrons. The van der Waals surface area contributed by atoms with Crippen molar-refractivity contribution in [2.75, 3.05) is 87.0 Å². The van der Waals surface area contributed by atoms with Crippen LogP contribution in [-0.2, 0) is 25.5 Å². The molecule has 5 aliphatic rings. The van der Waals surface area contributed by atoms with Crippen molar-refractivity contribution in [2.45, 2.75) is 121 Å². The van der Waals surface area contributed by atoms with E-state index < -0.39 is 35.6 Å². The summed E-state index contributed by atoms with van der Waals surface area (Å²) < 4.78 is 11.4. The van der Waals surface area contributed by atoms with Crippen LogP contribution in [0.2, 0.25) is 0 Å². The Balaban J connectivity index is 0.705. The van der Waals surface area contributed by atoms with E-state index in [4.69, 9.17) is 20.2 Å². The number of anilines is 5. The van der Waals surface area contributed by atoms with Crippen LogP contribution < -0.4 is 36.6 Å². The van der Waals surface area contributed by atoms with Crippen molar-refractivity contribution in [2.24, 2.45) is 5.73 Å². The fourth-order valence-corrected chi connectivity index (χ4v) is 10.4. The van der Waals surface area contributed by atoms with E-state index in [0.717, 1.165) is 126 Å². The number of aromatic nitrogens is 2. The second-order valence-corrected chi connectivity index (χ2v) is 18.9. The lowest BCUT2D eigenvalue weighted by Crippen LogP contribution is -2.54. The molecule has 6 heterocycles. The van der Waals surface area contributed by atoms with Gasteiger partial charge in [-0.15, -0.1) is 0 Å². The molecule has 6 amide bonds. The van der Waals surface area contributed by atoms with Gasteiger partial charge in [0.1, 0.15) is 11.8 Å². The number of amides is 6. The fourth-order valence-electron chi connectivity index (χ4n) is 10.4. The lowest BCUT2D eigenvalue weighted by atomic mass is 10.0. The highest BCUT2D eigenvalue weighted by Crippen LogP contribution is 2.36. The van der Waals surface area contributed by atoms with Crippen molar-refractivity contribution in [1.29, 1.82) is 0 Å².